The van der Waals surface area contributed by atoms with Crippen LogP contribution in [0.5, 0.6) is 0 Å². The van der Waals surface area contributed by atoms with Crippen molar-refractivity contribution in [2.24, 2.45) is 0 Å². The fraction of sp³-hybridized carbons (Fsp3) is 0.429. The molecule has 0 spiro atoms. The van der Waals surface area contributed by atoms with Gasteiger partial charge in [0.15, 0.2) is 0 Å². The number of nitrogens with zero attached hydrogens (tertiary/aromatic N) is 2. The third-order valence-corrected chi connectivity index (χ3v) is 6.89. The number of likely N-dealkylation sites (tertiary alicyclic amines) is 1. The minimum atomic E-state index is -5.07. The maximum absolute atomic E-state index is 13.2. The van der Waals surface area contributed by atoms with Crippen LogP contribution in [0.25, 0.3) is 0 Å². The van der Waals surface area contributed by atoms with Gasteiger partial charge in [0.1, 0.15) is 0 Å². The molecule has 0 radical (unpaired) electrons. The largest absolute Gasteiger partial charge is 0.465 e. The second-order valence-corrected chi connectivity index (χ2v) is 8.82. The molecule has 1 aliphatic rings. The van der Waals surface area contributed by atoms with Gasteiger partial charge in [0.2, 0.25) is 0 Å². The van der Waals surface area contributed by atoms with E-state index in [1.54, 1.807) is 5.38 Å². The molecule has 0 saturated carbocycles. The van der Waals surface area contributed by atoms with Crippen molar-refractivity contribution in [3.05, 3.63) is 56.8 Å². The van der Waals surface area contributed by atoms with Gasteiger partial charge in [0, 0.05) is 42.5 Å². The van der Waals surface area contributed by atoms with Gasteiger partial charge in [-0.15, -0.1) is 11.3 Å². The molecular formula is C21H20F6N2O3S. The molecule has 2 atom stereocenters. The Morgan fingerprint density at radius 3 is 2.12 bits per heavy atom. The SMILES string of the molecule is Cc1ccsc1C1CN(C(=O)O)CCC1N(C)C(=O)c1cc(C(F)(F)F)cc(C(F)(F)F)c1. The Labute approximate surface area is 189 Å². The van der Waals surface area contributed by atoms with Crippen molar-refractivity contribution in [3.8, 4) is 0 Å². The molecule has 180 valence electrons. The van der Waals surface area contributed by atoms with Crippen LogP contribution in [0.2, 0.25) is 0 Å². The van der Waals surface area contributed by atoms with Gasteiger partial charge in [-0.05, 0) is 48.6 Å². The van der Waals surface area contributed by atoms with Crippen LogP contribution in [0.3, 0.4) is 0 Å². The van der Waals surface area contributed by atoms with E-state index in [-0.39, 0.29) is 25.6 Å². The van der Waals surface area contributed by atoms with Crippen molar-refractivity contribution in [2.75, 3.05) is 20.1 Å². The Morgan fingerprint density at radius 1 is 1.09 bits per heavy atom. The molecule has 0 aliphatic carbocycles. The summed E-state index contributed by atoms with van der Waals surface area (Å²) in [5, 5.41) is 11.2. The molecule has 2 unspecified atom stereocenters. The fourth-order valence-electron chi connectivity index (χ4n) is 4.03. The molecule has 2 aromatic rings. The molecule has 1 saturated heterocycles. The summed E-state index contributed by atoms with van der Waals surface area (Å²) in [5.74, 6) is -1.48. The molecule has 1 N–H and O–H groups in total. The van der Waals surface area contributed by atoms with Gasteiger partial charge in [-0.2, -0.15) is 26.3 Å². The average Bonchev–Trinajstić information content (AvgIpc) is 3.16. The van der Waals surface area contributed by atoms with Crippen molar-refractivity contribution in [1.82, 2.24) is 9.80 Å². The van der Waals surface area contributed by atoms with Gasteiger partial charge in [-0.1, -0.05) is 0 Å². The maximum Gasteiger partial charge on any atom is 0.416 e. The van der Waals surface area contributed by atoms with Crippen molar-refractivity contribution >= 4 is 23.3 Å². The lowest BCUT2D eigenvalue weighted by Crippen LogP contribution is -2.51. The van der Waals surface area contributed by atoms with Crippen LogP contribution in [-0.2, 0) is 12.4 Å². The number of carbonyl (C=O) groups is 2. The van der Waals surface area contributed by atoms with E-state index in [4.69, 9.17) is 0 Å². The van der Waals surface area contributed by atoms with E-state index in [9.17, 15) is 41.0 Å². The minimum absolute atomic E-state index is 0.0278. The Hall–Kier alpha value is -2.76. The molecule has 12 heteroatoms. The zero-order valence-corrected chi connectivity index (χ0v) is 18.3. The van der Waals surface area contributed by atoms with E-state index < -0.39 is 53.0 Å². The highest BCUT2D eigenvalue weighted by Crippen LogP contribution is 2.38. The van der Waals surface area contributed by atoms with Gasteiger partial charge < -0.3 is 14.9 Å². The van der Waals surface area contributed by atoms with Crippen molar-refractivity contribution in [2.45, 2.75) is 37.7 Å². The van der Waals surface area contributed by atoms with E-state index >= 15 is 0 Å². The first-order chi connectivity index (χ1) is 15.2. The number of alkyl halides is 6. The smallest absolute Gasteiger partial charge is 0.416 e. The predicted octanol–water partition coefficient (Wildman–Crippen LogP) is 5.70. The summed E-state index contributed by atoms with van der Waals surface area (Å²) in [6, 6.07) is 1.99. The summed E-state index contributed by atoms with van der Waals surface area (Å²) in [6.07, 6.45) is -11.1. The first-order valence-corrected chi connectivity index (χ1v) is 10.7. The molecule has 2 heterocycles. The van der Waals surface area contributed by atoms with Gasteiger partial charge in [0.05, 0.1) is 11.1 Å². The summed E-state index contributed by atoms with van der Waals surface area (Å²) in [4.78, 5) is 27.7. The highest BCUT2D eigenvalue weighted by molar-refractivity contribution is 7.10. The van der Waals surface area contributed by atoms with Crippen LogP contribution >= 0.6 is 11.3 Å². The van der Waals surface area contributed by atoms with Crippen molar-refractivity contribution in [3.63, 3.8) is 0 Å². The Bertz CT molecular complexity index is 1020. The molecule has 33 heavy (non-hydrogen) atoms. The summed E-state index contributed by atoms with van der Waals surface area (Å²) in [6.45, 7) is 1.94. The monoisotopic (exact) mass is 494 g/mol. The van der Waals surface area contributed by atoms with Gasteiger partial charge in [0.25, 0.3) is 5.91 Å². The quantitative estimate of drug-likeness (QED) is 0.557. The lowest BCUT2D eigenvalue weighted by molar-refractivity contribution is -0.143. The van der Waals surface area contributed by atoms with Crippen molar-refractivity contribution < 1.29 is 41.0 Å². The molecule has 1 aromatic carbocycles. The highest BCUT2D eigenvalue weighted by Gasteiger charge is 2.40. The normalized spacial score (nSPS) is 19.5. The van der Waals surface area contributed by atoms with Crippen LogP contribution in [0.15, 0.2) is 29.6 Å². The van der Waals surface area contributed by atoms with Crippen LogP contribution in [0.4, 0.5) is 31.1 Å². The van der Waals surface area contributed by atoms with Gasteiger partial charge in [-0.3, -0.25) is 4.79 Å². The molecule has 1 aliphatic heterocycles. The highest BCUT2D eigenvalue weighted by atomic mass is 32.1. The van der Waals surface area contributed by atoms with Gasteiger partial charge >= 0.3 is 18.4 Å². The number of amides is 2. The first kappa shape index (κ1) is 24.9. The number of benzene rings is 1. The topological polar surface area (TPSA) is 60.9 Å². The maximum atomic E-state index is 13.2. The average molecular weight is 494 g/mol. The van der Waals surface area contributed by atoms with Crippen LogP contribution in [0.1, 0.15) is 44.3 Å². The molecule has 3 rings (SSSR count). The van der Waals surface area contributed by atoms with E-state index in [1.807, 2.05) is 13.0 Å². The predicted molar refractivity (Wildman–Crippen MR) is 108 cm³/mol. The van der Waals surface area contributed by atoms with E-state index in [1.165, 1.54) is 23.3 Å². The Morgan fingerprint density at radius 2 is 1.67 bits per heavy atom. The summed E-state index contributed by atoms with van der Waals surface area (Å²) in [7, 11) is 1.31. The number of likely N-dealkylation sites (N-methyl/N-ethyl adjacent to an activating group) is 1. The third-order valence-electron chi connectivity index (χ3n) is 5.74. The number of aryl methyl sites for hydroxylation is 1. The number of hydrogen-bond donors (Lipinski definition) is 1. The van der Waals surface area contributed by atoms with Gasteiger partial charge in [-0.25, -0.2) is 4.79 Å². The van der Waals surface area contributed by atoms with Crippen LogP contribution in [0, 0.1) is 6.92 Å². The number of piperidine rings is 1. The van der Waals surface area contributed by atoms with Crippen molar-refractivity contribution in [1.29, 1.82) is 0 Å². The molecule has 1 aromatic heterocycles. The number of carbonyl (C=O) groups excluding carboxylic acids is 1. The lowest BCUT2D eigenvalue weighted by atomic mass is 9.88. The number of hydrogen-bond acceptors (Lipinski definition) is 3. The van der Waals surface area contributed by atoms with E-state index in [0.717, 1.165) is 15.3 Å². The molecular weight excluding hydrogens is 474 g/mol. The second-order valence-electron chi connectivity index (χ2n) is 7.87. The standard InChI is InChI=1S/C21H20F6N2O3S/c1-11-4-6-33-17(11)15-10-29(19(31)32)5-3-16(15)28(2)18(30)12-7-13(20(22,23)24)9-14(8-12)21(25,26)27/h4,6-9,15-16H,3,5,10H2,1-2H3,(H,31,32). The molecule has 1 fully saturated rings. The summed E-state index contributed by atoms with van der Waals surface area (Å²) in [5.41, 5.74) is -3.01. The van der Waals surface area contributed by atoms with Crippen LogP contribution < -0.4 is 0 Å². The van der Waals surface area contributed by atoms with Crippen LogP contribution in [-0.4, -0.2) is 53.1 Å². The zero-order valence-electron chi connectivity index (χ0n) is 17.5. The van der Waals surface area contributed by atoms with E-state index in [2.05, 4.69) is 0 Å². The summed E-state index contributed by atoms with van der Waals surface area (Å²) < 4.78 is 79.3. The van der Waals surface area contributed by atoms with E-state index in [0.29, 0.717) is 12.1 Å². The number of halogens is 6. The first-order valence-electron chi connectivity index (χ1n) is 9.78. The molecule has 0 bridgehead atoms. The Balaban J connectivity index is 1.99. The number of carboxylic acid groups (broad SMARTS) is 1. The lowest BCUT2D eigenvalue weighted by Gasteiger charge is -2.41. The zero-order chi connectivity index (χ0) is 24.7. The fourth-order valence-corrected chi connectivity index (χ4v) is 5.11. The second kappa shape index (κ2) is 8.88. The number of rotatable bonds is 3. The minimum Gasteiger partial charge on any atom is -0.465 e. The third kappa shape index (κ3) is 5.26. The summed E-state index contributed by atoms with van der Waals surface area (Å²) >= 11 is 1.36. The molecule has 5 nitrogen and oxygen atoms in total. The number of thiophene rings is 1. The molecule has 2 amide bonds. The Kier molecular flexibility index (Phi) is 6.69.